The average molecular weight is 271 g/mol. The molecule has 1 aliphatic rings. The van der Waals surface area contributed by atoms with E-state index in [1.807, 2.05) is 12.1 Å². The van der Waals surface area contributed by atoms with Crippen LogP contribution in [0.15, 0.2) is 24.3 Å². The molecule has 0 radical (unpaired) electrons. The van der Waals surface area contributed by atoms with Gasteiger partial charge in [-0.25, -0.2) is 4.98 Å². The van der Waals surface area contributed by atoms with Crippen LogP contribution >= 0.6 is 0 Å². The molecule has 3 heteroatoms. The fourth-order valence-corrected chi connectivity index (χ4v) is 3.09. The number of nitrogens with one attached hydrogen (secondary N) is 1. The minimum Gasteiger partial charge on any atom is -0.492 e. The fourth-order valence-electron chi connectivity index (χ4n) is 3.09. The standard InChI is InChI=1S/C17H22N2O/c1-13-12-16(19-10-5-3-4-6-11-19)18-17-14(13)8-7-9-15(17)20-2/h7-9,12H,3-6,10-11H2,1-2H3/p+1. The molecule has 0 unspecified atom stereocenters. The Hall–Kier alpha value is -1.77. The molecule has 0 saturated carbocycles. The Balaban J connectivity index is 2.07. The molecular weight excluding hydrogens is 248 g/mol. The van der Waals surface area contributed by atoms with Crippen molar-refractivity contribution >= 4 is 16.7 Å². The lowest BCUT2D eigenvalue weighted by atomic mass is 10.1. The van der Waals surface area contributed by atoms with Crippen molar-refractivity contribution in [3.8, 4) is 5.75 Å². The largest absolute Gasteiger partial charge is 0.492 e. The highest BCUT2D eigenvalue weighted by Crippen LogP contribution is 2.26. The van der Waals surface area contributed by atoms with E-state index in [0.29, 0.717) is 0 Å². The van der Waals surface area contributed by atoms with Crippen molar-refractivity contribution in [2.24, 2.45) is 0 Å². The van der Waals surface area contributed by atoms with E-state index in [1.165, 1.54) is 42.5 Å². The number of fused-ring (bicyclic) bond motifs is 1. The van der Waals surface area contributed by atoms with Gasteiger partial charge in [0.2, 0.25) is 0 Å². The summed E-state index contributed by atoms with van der Waals surface area (Å²) < 4.78 is 5.50. The van der Waals surface area contributed by atoms with Gasteiger partial charge in [-0.2, -0.15) is 0 Å². The van der Waals surface area contributed by atoms with E-state index in [1.54, 1.807) is 7.11 Å². The summed E-state index contributed by atoms with van der Waals surface area (Å²) in [6.07, 6.45) is 5.28. The minimum absolute atomic E-state index is 0.919. The van der Waals surface area contributed by atoms with Gasteiger partial charge in [0.15, 0.2) is 11.3 Å². The summed E-state index contributed by atoms with van der Waals surface area (Å²) in [5, 5.41) is 1.24. The monoisotopic (exact) mass is 271 g/mol. The molecule has 1 aromatic heterocycles. The number of aromatic amines is 1. The van der Waals surface area contributed by atoms with Crippen LogP contribution < -0.4 is 14.6 Å². The van der Waals surface area contributed by atoms with Gasteiger partial charge in [-0.1, -0.05) is 12.1 Å². The zero-order chi connectivity index (χ0) is 13.9. The smallest absolute Gasteiger partial charge is 0.275 e. The molecular formula is C17H23N2O+. The van der Waals surface area contributed by atoms with Gasteiger partial charge in [-0.15, -0.1) is 0 Å². The molecule has 0 amide bonds. The molecule has 0 atom stereocenters. The second-order valence-electron chi connectivity index (χ2n) is 5.62. The van der Waals surface area contributed by atoms with E-state index in [4.69, 9.17) is 4.74 Å². The normalized spacial score (nSPS) is 16.2. The van der Waals surface area contributed by atoms with Gasteiger partial charge in [0.1, 0.15) is 0 Å². The van der Waals surface area contributed by atoms with Crippen LogP contribution in [0.25, 0.3) is 10.9 Å². The van der Waals surface area contributed by atoms with E-state index >= 15 is 0 Å². The first kappa shape index (κ1) is 13.2. The summed E-state index contributed by atoms with van der Waals surface area (Å²) in [6.45, 7) is 4.48. The number of benzene rings is 1. The van der Waals surface area contributed by atoms with E-state index < -0.39 is 0 Å². The molecule has 1 fully saturated rings. The van der Waals surface area contributed by atoms with Crippen LogP contribution in [0.5, 0.6) is 5.75 Å². The Kier molecular flexibility index (Phi) is 3.77. The predicted molar refractivity (Wildman–Crippen MR) is 82.5 cm³/mol. The third-order valence-corrected chi connectivity index (χ3v) is 4.22. The molecule has 106 valence electrons. The molecule has 3 rings (SSSR count). The highest BCUT2D eigenvalue weighted by molar-refractivity contribution is 5.85. The first-order chi connectivity index (χ1) is 9.79. The number of para-hydroxylation sites is 1. The van der Waals surface area contributed by atoms with Crippen molar-refractivity contribution in [3.05, 3.63) is 29.8 Å². The van der Waals surface area contributed by atoms with Gasteiger partial charge in [0, 0.05) is 11.5 Å². The maximum atomic E-state index is 5.50. The number of hydrogen-bond donors (Lipinski definition) is 0. The summed E-state index contributed by atoms with van der Waals surface area (Å²) >= 11 is 0. The van der Waals surface area contributed by atoms with E-state index in [0.717, 1.165) is 24.4 Å². The Morgan fingerprint density at radius 1 is 1.10 bits per heavy atom. The van der Waals surface area contributed by atoms with Gasteiger partial charge in [0.25, 0.3) is 5.82 Å². The number of methoxy groups -OCH3 is 1. The van der Waals surface area contributed by atoms with Crippen LogP contribution in [0, 0.1) is 6.92 Å². The van der Waals surface area contributed by atoms with Gasteiger partial charge in [-0.05, 0) is 44.2 Å². The second kappa shape index (κ2) is 5.70. The number of rotatable bonds is 2. The molecule has 2 heterocycles. The number of aryl methyl sites for hydroxylation is 1. The molecule has 1 N–H and O–H groups in total. The number of nitrogens with zero attached hydrogens (tertiary/aromatic N) is 1. The second-order valence-corrected chi connectivity index (χ2v) is 5.62. The van der Waals surface area contributed by atoms with Crippen LogP contribution in [0.1, 0.15) is 31.2 Å². The van der Waals surface area contributed by atoms with Crippen molar-refractivity contribution in [1.29, 1.82) is 0 Å². The fraction of sp³-hybridized carbons (Fsp3) is 0.471. The number of aromatic nitrogens is 1. The van der Waals surface area contributed by atoms with Gasteiger partial charge >= 0.3 is 0 Å². The number of anilines is 1. The quantitative estimate of drug-likeness (QED) is 0.837. The lowest BCUT2D eigenvalue weighted by molar-refractivity contribution is -0.331. The molecule has 0 bridgehead atoms. The molecule has 1 aromatic carbocycles. The SMILES string of the molecule is COc1cccc2c(C)cc(N3CCCCCC3)[nH+]c12. The van der Waals surface area contributed by atoms with Crippen molar-refractivity contribution in [2.75, 3.05) is 25.1 Å². The predicted octanol–water partition coefficient (Wildman–Crippen LogP) is 3.35. The summed E-state index contributed by atoms with van der Waals surface area (Å²) in [5.41, 5.74) is 2.41. The van der Waals surface area contributed by atoms with Crippen LogP contribution in [0.4, 0.5) is 5.82 Å². The maximum absolute atomic E-state index is 5.50. The van der Waals surface area contributed by atoms with E-state index in [9.17, 15) is 0 Å². The minimum atomic E-state index is 0.919. The lowest BCUT2D eigenvalue weighted by Crippen LogP contribution is -2.30. The number of H-pyrrole nitrogens is 1. The molecule has 2 aromatic rings. The Morgan fingerprint density at radius 2 is 1.85 bits per heavy atom. The topological polar surface area (TPSA) is 26.6 Å². The molecule has 1 saturated heterocycles. The van der Waals surface area contributed by atoms with Crippen LogP contribution in [-0.4, -0.2) is 20.2 Å². The zero-order valence-electron chi connectivity index (χ0n) is 12.4. The first-order valence-corrected chi connectivity index (χ1v) is 7.54. The van der Waals surface area contributed by atoms with Gasteiger partial charge in [-0.3, -0.25) is 4.90 Å². The lowest BCUT2D eigenvalue weighted by Gasteiger charge is -2.15. The Morgan fingerprint density at radius 3 is 2.55 bits per heavy atom. The Bertz CT molecular complexity index is 601. The summed E-state index contributed by atoms with van der Waals surface area (Å²) in [7, 11) is 1.73. The highest BCUT2D eigenvalue weighted by atomic mass is 16.5. The molecule has 0 spiro atoms. The summed E-state index contributed by atoms with van der Waals surface area (Å²) in [5.74, 6) is 2.14. The van der Waals surface area contributed by atoms with Crippen molar-refractivity contribution in [3.63, 3.8) is 0 Å². The van der Waals surface area contributed by atoms with Gasteiger partial charge in [0.05, 0.1) is 20.2 Å². The number of pyridine rings is 1. The summed E-state index contributed by atoms with van der Waals surface area (Å²) in [6, 6.07) is 8.49. The number of ether oxygens (including phenoxy) is 1. The van der Waals surface area contributed by atoms with Crippen LogP contribution in [0.3, 0.4) is 0 Å². The van der Waals surface area contributed by atoms with Crippen LogP contribution in [-0.2, 0) is 0 Å². The summed E-state index contributed by atoms with van der Waals surface area (Å²) in [4.78, 5) is 6.06. The Labute approximate surface area is 120 Å². The number of hydrogen-bond acceptors (Lipinski definition) is 2. The first-order valence-electron chi connectivity index (χ1n) is 7.54. The van der Waals surface area contributed by atoms with Crippen molar-refractivity contribution < 1.29 is 9.72 Å². The highest BCUT2D eigenvalue weighted by Gasteiger charge is 2.20. The van der Waals surface area contributed by atoms with E-state index in [2.05, 4.69) is 28.9 Å². The molecule has 0 aliphatic carbocycles. The van der Waals surface area contributed by atoms with E-state index in [-0.39, 0.29) is 0 Å². The average Bonchev–Trinajstić information content (AvgIpc) is 2.75. The maximum Gasteiger partial charge on any atom is 0.275 e. The molecule has 20 heavy (non-hydrogen) atoms. The van der Waals surface area contributed by atoms with Crippen LogP contribution in [0.2, 0.25) is 0 Å². The third-order valence-electron chi connectivity index (χ3n) is 4.22. The van der Waals surface area contributed by atoms with Gasteiger partial charge < -0.3 is 4.74 Å². The van der Waals surface area contributed by atoms with Crippen molar-refractivity contribution in [1.82, 2.24) is 0 Å². The molecule has 3 nitrogen and oxygen atoms in total. The molecule has 1 aliphatic heterocycles. The van der Waals surface area contributed by atoms with Crippen molar-refractivity contribution in [2.45, 2.75) is 32.6 Å². The zero-order valence-corrected chi connectivity index (χ0v) is 12.4. The third kappa shape index (κ3) is 2.45.